The highest BCUT2D eigenvalue weighted by atomic mass is 35.5. The molecule has 0 atom stereocenters. The number of rotatable bonds is 2. The lowest BCUT2D eigenvalue weighted by molar-refractivity contribution is 0.391. The van der Waals surface area contributed by atoms with Crippen LogP contribution in [-0.4, -0.2) is 10.1 Å². The summed E-state index contributed by atoms with van der Waals surface area (Å²) in [5.74, 6) is 1.30. The Labute approximate surface area is 93.1 Å². The van der Waals surface area contributed by atoms with Gasteiger partial charge in [-0.15, -0.1) is 11.6 Å². The van der Waals surface area contributed by atoms with Gasteiger partial charge in [0, 0.05) is 5.56 Å². The molecular formula is C11H11ClN2O. The van der Waals surface area contributed by atoms with E-state index < -0.39 is 0 Å². The van der Waals surface area contributed by atoms with Crippen LogP contribution in [0.3, 0.4) is 0 Å². The molecule has 2 aromatic rings. The van der Waals surface area contributed by atoms with Gasteiger partial charge in [0.2, 0.25) is 11.7 Å². The summed E-state index contributed by atoms with van der Waals surface area (Å²) in [7, 11) is 0. The average molecular weight is 223 g/mol. The summed E-state index contributed by atoms with van der Waals surface area (Å²) in [5.41, 5.74) is 3.34. The highest BCUT2D eigenvalue weighted by Crippen LogP contribution is 2.21. The topological polar surface area (TPSA) is 38.9 Å². The molecule has 4 heteroatoms. The van der Waals surface area contributed by atoms with Gasteiger partial charge < -0.3 is 4.52 Å². The van der Waals surface area contributed by atoms with E-state index in [-0.39, 0.29) is 5.88 Å². The van der Waals surface area contributed by atoms with Gasteiger partial charge >= 0.3 is 0 Å². The lowest BCUT2D eigenvalue weighted by atomic mass is 10.1. The van der Waals surface area contributed by atoms with Crippen LogP contribution in [0, 0.1) is 13.8 Å². The van der Waals surface area contributed by atoms with Gasteiger partial charge in [-0.2, -0.15) is 4.98 Å². The molecule has 0 N–H and O–H groups in total. The molecule has 0 aliphatic carbocycles. The molecule has 2 rings (SSSR count). The van der Waals surface area contributed by atoms with E-state index in [0.717, 1.165) is 11.1 Å². The summed E-state index contributed by atoms with van der Waals surface area (Å²) in [6, 6.07) is 6.11. The van der Waals surface area contributed by atoms with Crippen LogP contribution in [0.25, 0.3) is 11.4 Å². The van der Waals surface area contributed by atoms with Crippen LogP contribution in [0.5, 0.6) is 0 Å². The summed E-state index contributed by atoms with van der Waals surface area (Å²) in [6.07, 6.45) is 0. The number of alkyl halides is 1. The van der Waals surface area contributed by atoms with E-state index in [1.54, 1.807) is 0 Å². The van der Waals surface area contributed by atoms with Gasteiger partial charge in [-0.25, -0.2) is 0 Å². The maximum atomic E-state index is 5.60. The van der Waals surface area contributed by atoms with Gasteiger partial charge in [0.1, 0.15) is 5.88 Å². The molecule has 0 saturated carbocycles. The van der Waals surface area contributed by atoms with Gasteiger partial charge in [-0.3, -0.25) is 0 Å². The highest BCUT2D eigenvalue weighted by Gasteiger charge is 2.09. The number of hydrogen-bond acceptors (Lipinski definition) is 3. The first-order valence-electron chi connectivity index (χ1n) is 4.67. The molecule has 0 spiro atoms. The van der Waals surface area contributed by atoms with Crippen LogP contribution in [0.15, 0.2) is 22.7 Å². The first-order valence-corrected chi connectivity index (χ1v) is 5.20. The monoisotopic (exact) mass is 222 g/mol. The first-order chi connectivity index (χ1) is 7.20. The van der Waals surface area contributed by atoms with Crippen LogP contribution in [0.4, 0.5) is 0 Å². The second-order valence-electron chi connectivity index (χ2n) is 3.46. The van der Waals surface area contributed by atoms with Crippen molar-refractivity contribution in [2.24, 2.45) is 0 Å². The van der Waals surface area contributed by atoms with Crippen LogP contribution in [0.1, 0.15) is 17.0 Å². The maximum Gasteiger partial charge on any atom is 0.241 e. The van der Waals surface area contributed by atoms with Crippen LogP contribution < -0.4 is 0 Å². The molecule has 0 unspecified atom stereocenters. The molecule has 15 heavy (non-hydrogen) atoms. The van der Waals surface area contributed by atoms with Crippen LogP contribution >= 0.6 is 11.6 Å². The van der Waals surface area contributed by atoms with Gasteiger partial charge in [-0.1, -0.05) is 28.9 Å². The standard InChI is InChI=1S/C11H11ClN2O/c1-7-3-4-9(8(2)5-7)11-13-10(6-12)15-14-11/h3-5H,6H2,1-2H3. The fourth-order valence-corrected chi connectivity index (χ4v) is 1.59. The summed E-state index contributed by atoms with van der Waals surface area (Å²) in [5, 5.41) is 3.88. The molecule has 0 fully saturated rings. The Morgan fingerprint density at radius 1 is 1.33 bits per heavy atom. The fraction of sp³-hybridized carbons (Fsp3) is 0.273. The Kier molecular flexibility index (Phi) is 2.73. The smallest absolute Gasteiger partial charge is 0.241 e. The molecule has 0 radical (unpaired) electrons. The molecule has 3 nitrogen and oxygen atoms in total. The van der Waals surface area contributed by atoms with Crippen molar-refractivity contribution >= 4 is 11.6 Å². The van der Waals surface area contributed by atoms with Crippen LogP contribution in [-0.2, 0) is 5.88 Å². The zero-order valence-electron chi connectivity index (χ0n) is 8.62. The summed E-state index contributed by atoms with van der Waals surface area (Å²) >= 11 is 5.60. The first kappa shape index (κ1) is 10.2. The molecule has 0 amide bonds. The van der Waals surface area contributed by atoms with Gasteiger partial charge in [0.05, 0.1) is 0 Å². The largest absolute Gasteiger partial charge is 0.338 e. The molecule has 1 aromatic heterocycles. The van der Waals surface area contributed by atoms with E-state index in [2.05, 4.69) is 23.1 Å². The normalized spacial score (nSPS) is 10.6. The van der Waals surface area contributed by atoms with Crippen LogP contribution in [0.2, 0.25) is 0 Å². The van der Waals surface area contributed by atoms with Crippen molar-refractivity contribution < 1.29 is 4.52 Å². The Balaban J connectivity index is 2.44. The second-order valence-corrected chi connectivity index (χ2v) is 3.73. The Hall–Kier alpha value is -1.35. The van der Waals surface area contributed by atoms with E-state index in [4.69, 9.17) is 16.1 Å². The van der Waals surface area contributed by atoms with Crippen molar-refractivity contribution in [3.8, 4) is 11.4 Å². The second kappa shape index (κ2) is 4.03. The molecule has 0 bridgehead atoms. The zero-order chi connectivity index (χ0) is 10.8. The van der Waals surface area contributed by atoms with E-state index >= 15 is 0 Å². The molecular weight excluding hydrogens is 212 g/mol. The molecule has 1 aromatic carbocycles. The van der Waals surface area contributed by atoms with Crippen molar-refractivity contribution in [2.45, 2.75) is 19.7 Å². The van der Waals surface area contributed by atoms with Crippen molar-refractivity contribution in [1.82, 2.24) is 10.1 Å². The third-order valence-electron chi connectivity index (χ3n) is 2.21. The third-order valence-corrected chi connectivity index (χ3v) is 2.43. The highest BCUT2D eigenvalue weighted by molar-refractivity contribution is 6.16. The van der Waals surface area contributed by atoms with Crippen molar-refractivity contribution in [1.29, 1.82) is 0 Å². The van der Waals surface area contributed by atoms with E-state index in [1.165, 1.54) is 5.56 Å². The lowest BCUT2D eigenvalue weighted by Crippen LogP contribution is -1.87. The third kappa shape index (κ3) is 2.02. The summed E-state index contributed by atoms with van der Waals surface area (Å²) < 4.78 is 4.96. The Morgan fingerprint density at radius 2 is 2.13 bits per heavy atom. The van der Waals surface area contributed by atoms with Crippen molar-refractivity contribution in [3.05, 3.63) is 35.2 Å². The van der Waals surface area contributed by atoms with Gasteiger partial charge in [0.15, 0.2) is 0 Å². The maximum absolute atomic E-state index is 5.60. The Bertz CT molecular complexity index is 479. The fourth-order valence-electron chi connectivity index (χ4n) is 1.48. The van der Waals surface area contributed by atoms with Crippen molar-refractivity contribution in [3.63, 3.8) is 0 Å². The number of aryl methyl sites for hydroxylation is 2. The predicted molar refractivity (Wildman–Crippen MR) is 58.8 cm³/mol. The quantitative estimate of drug-likeness (QED) is 0.733. The number of aromatic nitrogens is 2. The zero-order valence-corrected chi connectivity index (χ0v) is 9.38. The molecule has 1 heterocycles. The minimum Gasteiger partial charge on any atom is -0.338 e. The van der Waals surface area contributed by atoms with Crippen molar-refractivity contribution in [2.75, 3.05) is 0 Å². The summed E-state index contributed by atoms with van der Waals surface area (Å²) in [6.45, 7) is 4.08. The van der Waals surface area contributed by atoms with Gasteiger partial charge in [0.25, 0.3) is 0 Å². The Morgan fingerprint density at radius 3 is 2.73 bits per heavy atom. The number of halogens is 1. The molecule has 0 aliphatic heterocycles. The minimum absolute atomic E-state index is 0.248. The predicted octanol–water partition coefficient (Wildman–Crippen LogP) is 3.09. The summed E-state index contributed by atoms with van der Waals surface area (Å²) in [4.78, 5) is 4.18. The van der Waals surface area contributed by atoms with E-state index in [1.807, 2.05) is 19.1 Å². The molecule has 0 aliphatic rings. The molecule has 0 saturated heterocycles. The minimum atomic E-state index is 0.248. The molecule has 78 valence electrons. The lowest BCUT2D eigenvalue weighted by Gasteiger charge is -2.01. The SMILES string of the molecule is Cc1ccc(-c2noc(CCl)n2)c(C)c1. The number of benzene rings is 1. The number of nitrogens with zero attached hydrogens (tertiary/aromatic N) is 2. The van der Waals surface area contributed by atoms with E-state index in [9.17, 15) is 0 Å². The average Bonchev–Trinajstić information content (AvgIpc) is 2.66. The van der Waals surface area contributed by atoms with Gasteiger partial charge in [-0.05, 0) is 19.4 Å². The van der Waals surface area contributed by atoms with E-state index in [0.29, 0.717) is 11.7 Å². The number of hydrogen-bond donors (Lipinski definition) is 0.